The summed E-state index contributed by atoms with van der Waals surface area (Å²) in [6.45, 7) is 1.83. The van der Waals surface area contributed by atoms with Crippen LogP contribution in [-0.2, 0) is 9.53 Å². The number of carbonyl (C=O) groups excluding carboxylic acids is 1. The van der Waals surface area contributed by atoms with E-state index in [-0.39, 0.29) is 11.9 Å². The van der Waals surface area contributed by atoms with Crippen LogP contribution in [0.4, 0.5) is 0 Å². The Hall–Kier alpha value is -2.55. The van der Waals surface area contributed by atoms with E-state index in [1.807, 2.05) is 37.3 Å². The maximum absolute atomic E-state index is 11.7. The van der Waals surface area contributed by atoms with Gasteiger partial charge in [-0.2, -0.15) is 0 Å². The largest absolute Gasteiger partial charge is 0.508 e. The van der Waals surface area contributed by atoms with Crippen LogP contribution >= 0.6 is 0 Å². The van der Waals surface area contributed by atoms with Gasteiger partial charge in [0.15, 0.2) is 0 Å². The number of rotatable bonds is 4. The number of carbonyl (C=O) groups is 1. The average Bonchev–Trinajstić information content (AvgIpc) is 2.47. The summed E-state index contributed by atoms with van der Waals surface area (Å²) < 4.78 is 5.31. The molecule has 1 atom stereocenters. The summed E-state index contributed by atoms with van der Waals surface area (Å²) in [5.74, 6) is -0.197. The number of phenols is 1. The first-order chi connectivity index (χ1) is 9.65. The monoisotopic (exact) mass is 268 g/mol. The van der Waals surface area contributed by atoms with Gasteiger partial charge in [0.05, 0.1) is 0 Å². The molecule has 3 nitrogen and oxygen atoms in total. The molecule has 3 heteroatoms. The van der Waals surface area contributed by atoms with Gasteiger partial charge in [0, 0.05) is 6.08 Å². The SMILES string of the molecule is CC(OC(=O)/C=C/c1ccc(O)cc1)c1ccccc1. The molecule has 2 rings (SSSR count). The highest BCUT2D eigenvalue weighted by Crippen LogP contribution is 2.16. The molecule has 0 aliphatic heterocycles. The molecule has 1 N–H and O–H groups in total. The molecule has 0 amide bonds. The molecule has 2 aromatic carbocycles. The van der Waals surface area contributed by atoms with Crippen molar-refractivity contribution in [2.45, 2.75) is 13.0 Å². The van der Waals surface area contributed by atoms with E-state index in [4.69, 9.17) is 9.84 Å². The van der Waals surface area contributed by atoms with Crippen LogP contribution in [-0.4, -0.2) is 11.1 Å². The fourth-order valence-corrected chi connectivity index (χ4v) is 1.76. The molecule has 0 saturated heterocycles. The highest BCUT2D eigenvalue weighted by Gasteiger charge is 2.08. The van der Waals surface area contributed by atoms with Crippen LogP contribution in [0.25, 0.3) is 6.08 Å². The Balaban J connectivity index is 1.94. The van der Waals surface area contributed by atoms with Crippen molar-refractivity contribution >= 4 is 12.0 Å². The molecule has 102 valence electrons. The molecular formula is C17H16O3. The summed E-state index contributed by atoms with van der Waals surface area (Å²) >= 11 is 0. The Morgan fingerprint density at radius 1 is 1.10 bits per heavy atom. The number of aromatic hydroxyl groups is 1. The van der Waals surface area contributed by atoms with E-state index < -0.39 is 5.97 Å². The Labute approximate surface area is 118 Å². The third kappa shape index (κ3) is 3.99. The smallest absolute Gasteiger partial charge is 0.331 e. The van der Waals surface area contributed by atoms with Crippen LogP contribution in [0.5, 0.6) is 5.75 Å². The second-order valence-electron chi connectivity index (χ2n) is 4.41. The van der Waals surface area contributed by atoms with E-state index in [0.29, 0.717) is 0 Å². The molecule has 0 spiro atoms. The van der Waals surface area contributed by atoms with Crippen molar-refractivity contribution in [3.05, 3.63) is 71.8 Å². The summed E-state index contributed by atoms with van der Waals surface area (Å²) in [6.07, 6.45) is 2.75. The Morgan fingerprint density at radius 3 is 2.40 bits per heavy atom. The van der Waals surface area contributed by atoms with Crippen molar-refractivity contribution in [1.82, 2.24) is 0 Å². The van der Waals surface area contributed by atoms with Crippen LogP contribution in [0.15, 0.2) is 60.7 Å². The highest BCUT2D eigenvalue weighted by atomic mass is 16.5. The third-order valence-corrected chi connectivity index (χ3v) is 2.87. The van der Waals surface area contributed by atoms with Crippen molar-refractivity contribution in [3.8, 4) is 5.75 Å². The quantitative estimate of drug-likeness (QED) is 0.679. The molecule has 0 aromatic heterocycles. The predicted molar refractivity (Wildman–Crippen MR) is 78.1 cm³/mol. The van der Waals surface area contributed by atoms with E-state index in [9.17, 15) is 4.79 Å². The zero-order chi connectivity index (χ0) is 14.4. The van der Waals surface area contributed by atoms with Crippen LogP contribution in [0.3, 0.4) is 0 Å². The number of hydrogen-bond acceptors (Lipinski definition) is 3. The van der Waals surface area contributed by atoms with Crippen molar-refractivity contribution in [3.63, 3.8) is 0 Å². The minimum Gasteiger partial charge on any atom is -0.508 e. The molecule has 0 aliphatic rings. The lowest BCUT2D eigenvalue weighted by molar-refractivity contribution is -0.142. The molecule has 20 heavy (non-hydrogen) atoms. The molecule has 0 heterocycles. The number of phenolic OH excluding ortho intramolecular Hbond substituents is 1. The Morgan fingerprint density at radius 2 is 1.75 bits per heavy atom. The number of benzene rings is 2. The van der Waals surface area contributed by atoms with E-state index in [0.717, 1.165) is 11.1 Å². The molecule has 2 aromatic rings. The highest BCUT2D eigenvalue weighted by molar-refractivity contribution is 5.87. The fourth-order valence-electron chi connectivity index (χ4n) is 1.76. The Bertz CT molecular complexity index is 585. The van der Waals surface area contributed by atoms with Crippen molar-refractivity contribution in [2.75, 3.05) is 0 Å². The molecule has 0 fully saturated rings. The van der Waals surface area contributed by atoms with Gasteiger partial charge in [-0.05, 0) is 36.3 Å². The minimum absolute atomic E-state index is 0.197. The van der Waals surface area contributed by atoms with Gasteiger partial charge in [0.25, 0.3) is 0 Å². The number of esters is 1. The summed E-state index contributed by atoms with van der Waals surface area (Å²) in [4.78, 5) is 11.7. The van der Waals surface area contributed by atoms with Gasteiger partial charge < -0.3 is 9.84 Å². The first-order valence-corrected chi connectivity index (χ1v) is 6.38. The third-order valence-electron chi connectivity index (χ3n) is 2.87. The van der Waals surface area contributed by atoms with E-state index in [2.05, 4.69) is 0 Å². The zero-order valence-corrected chi connectivity index (χ0v) is 11.2. The predicted octanol–water partition coefficient (Wildman–Crippen LogP) is 3.71. The maximum Gasteiger partial charge on any atom is 0.331 e. The van der Waals surface area contributed by atoms with Gasteiger partial charge in [0.2, 0.25) is 0 Å². The molecule has 0 bridgehead atoms. The van der Waals surface area contributed by atoms with Gasteiger partial charge in [-0.1, -0.05) is 42.5 Å². The molecular weight excluding hydrogens is 252 g/mol. The second kappa shape index (κ2) is 6.57. The number of ether oxygens (including phenoxy) is 1. The minimum atomic E-state index is -0.394. The van der Waals surface area contributed by atoms with Crippen LogP contribution in [0.1, 0.15) is 24.2 Å². The van der Waals surface area contributed by atoms with Gasteiger partial charge in [-0.25, -0.2) is 4.79 Å². The lowest BCUT2D eigenvalue weighted by Crippen LogP contribution is -2.05. The summed E-state index contributed by atoms with van der Waals surface area (Å²) in [6, 6.07) is 16.2. The normalized spacial score (nSPS) is 12.2. The van der Waals surface area contributed by atoms with E-state index >= 15 is 0 Å². The average molecular weight is 268 g/mol. The first-order valence-electron chi connectivity index (χ1n) is 6.38. The van der Waals surface area contributed by atoms with Crippen LogP contribution in [0.2, 0.25) is 0 Å². The standard InChI is InChI=1S/C17H16O3/c1-13(15-5-3-2-4-6-15)20-17(19)12-9-14-7-10-16(18)11-8-14/h2-13,18H,1H3/b12-9+. The molecule has 0 saturated carbocycles. The lowest BCUT2D eigenvalue weighted by atomic mass is 10.1. The summed E-state index contributed by atoms with van der Waals surface area (Å²) in [5.41, 5.74) is 1.78. The van der Waals surface area contributed by atoms with Gasteiger partial charge in [-0.3, -0.25) is 0 Å². The maximum atomic E-state index is 11.7. The summed E-state index contributed by atoms with van der Waals surface area (Å²) in [5, 5.41) is 9.16. The van der Waals surface area contributed by atoms with Gasteiger partial charge in [-0.15, -0.1) is 0 Å². The van der Waals surface area contributed by atoms with Crippen LogP contribution in [0, 0.1) is 0 Å². The molecule has 0 aliphatic carbocycles. The topological polar surface area (TPSA) is 46.5 Å². The van der Waals surface area contributed by atoms with Gasteiger partial charge >= 0.3 is 5.97 Å². The lowest BCUT2D eigenvalue weighted by Gasteiger charge is -2.11. The fraction of sp³-hybridized carbons (Fsp3) is 0.118. The van der Waals surface area contributed by atoms with Crippen molar-refractivity contribution < 1.29 is 14.6 Å². The zero-order valence-electron chi connectivity index (χ0n) is 11.2. The first kappa shape index (κ1) is 13.9. The molecule has 1 unspecified atom stereocenters. The van der Waals surface area contributed by atoms with Crippen molar-refractivity contribution in [2.24, 2.45) is 0 Å². The molecule has 0 radical (unpaired) electrons. The van der Waals surface area contributed by atoms with Crippen molar-refractivity contribution in [1.29, 1.82) is 0 Å². The van der Waals surface area contributed by atoms with E-state index in [1.54, 1.807) is 30.3 Å². The van der Waals surface area contributed by atoms with Crippen LogP contribution < -0.4 is 0 Å². The van der Waals surface area contributed by atoms with E-state index in [1.165, 1.54) is 6.08 Å². The Kier molecular flexibility index (Phi) is 4.56. The second-order valence-corrected chi connectivity index (χ2v) is 4.41. The number of hydrogen-bond donors (Lipinski definition) is 1. The van der Waals surface area contributed by atoms with Gasteiger partial charge in [0.1, 0.15) is 11.9 Å². The summed E-state index contributed by atoms with van der Waals surface area (Å²) in [7, 11) is 0.